The van der Waals surface area contributed by atoms with E-state index in [-0.39, 0.29) is 23.3 Å². The number of pyridine rings is 1. The van der Waals surface area contributed by atoms with Crippen LogP contribution in [0.5, 0.6) is 5.75 Å². The first kappa shape index (κ1) is 26.9. The number of carbonyl (C=O) groups excluding carboxylic acids is 3. The van der Waals surface area contributed by atoms with E-state index in [4.69, 9.17) is 18.9 Å². The largest absolute Gasteiger partial charge is 0.507 e. The van der Waals surface area contributed by atoms with E-state index in [1.54, 1.807) is 12.1 Å². The molecule has 0 spiro atoms. The number of esters is 3. The van der Waals surface area contributed by atoms with E-state index < -0.39 is 48.0 Å². The molecule has 0 unspecified atom stereocenters. The third-order valence-corrected chi connectivity index (χ3v) is 5.75. The van der Waals surface area contributed by atoms with Crippen LogP contribution in [-0.2, 0) is 38.7 Å². The smallest absolute Gasteiger partial charge is 0.303 e. The molecule has 0 saturated carbocycles. The van der Waals surface area contributed by atoms with Gasteiger partial charge in [-0.2, -0.15) is 0 Å². The molecule has 1 aromatic carbocycles. The van der Waals surface area contributed by atoms with Crippen molar-refractivity contribution in [3.63, 3.8) is 0 Å². The molecule has 1 aliphatic rings. The lowest BCUT2D eigenvalue weighted by atomic mass is 9.86. The molecule has 0 aliphatic carbocycles. The first-order valence-electron chi connectivity index (χ1n) is 11.5. The first-order valence-corrected chi connectivity index (χ1v) is 11.5. The molecule has 1 saturated heterocycles. The van der Waals surface area contributed by atoms with Gasteiger partial charge in [0.25, 0.3) is 5.56 Å². The van der Waals surface area contributed by atoms with Gasteiger partial charge in [-0.15, -0.1) is 0 Å². The molecule has 0 amide bonds. The van der Waals surface area contributed by atoms with Crippen LogP contribution in [0.2, 0.25) is 0 Å². The summed E-state index contributed by atoms with van der Waals surface area (Å²) >= 11 is 0. The number of nitrogens with zero attached hydrogens (tertiary/aromatic N) is 1. The SMILES string of the molecule is CC(=O)OC[C@H]1O[C@@H](n2ccc(O)c(-c3ccc(C(C)(C)C)cc3)c2=O)[C@H](OC(C)=O)[C@@H]1OC(C)=O. The predicted molar refractivity (Wildman–Crippen MR) is 128 cm³/mol. The first-order chi connectivity index (χ1) is 16.8. The van der Waals surface area contributed by atoms with Crippen molar-refractivity contribution < 1.29 is 38.4 Å². The molecule has 0 radical (unpaired) electrons. The van der Waals surface area contributed by atoms with Gasteiger partial charge in [-0.3, -0.25) is 23.7 Å². The predicted octanol–water partition coefficient (Wildman–Crippen LogP) is 2.84. The van der Waals surface area contributed by atoms with Crippen molar-refractivity contribution in [3.8, 4) is 16.9 Å². The lowest BCUT2D eigenvalue weighted by Crippen LogP contribution is -2.41. The number of rotatable bonds is 6. The molecule has 1 aromatic heterocycles. The lowest BCUT2D eigenvalue weighted by molar-refractivity contribution is -0.166. The van der Waals surface area contributed by atoms with E-state index in [0.29, 0.717) is 5.56 Å². The number of hydrogen-bond acceptors (Lipinski definition) is 9. The molecule has 4 atom stereocenters. The van der Waals surface area contributed by atoms with Crippen LogP contribution >= 0.6 is 0 Å². The van der Waals surface area contributed by atoms with E-state index in [2.05, 4.69) is 20.8 Å². The molecule has 2 aromatic rings. The summed E-state index contributed by atoms with van der Waals surface area (Å²) in [4.78, 5) is 48.6. The van der Waals surface area contributed by atoms with Gasteiger partial charge in [0.1, 0.15) is 18.5 Å². The quantitative estimate of drug-likeness (QED) is 0.469. The van der Waals surface area contributed by atoms with Gasteiger partial charge >= 0.3 is 17.9 Å². The van der Waals surface area contributed by atoms with Gasteiger partial charge in [0, 0.05) is 27.0 Å². The second-order valence-electron chi connectivity index (χ2n) is 9.63. The normalized spacial score (nSPS) is 21.6. The summed E-state index contributed by atoms with van der Waals surface area (Å²) in [6.45, 7) is 9.44. The summed E-state index contributed by atoms with van der Waals surface area (Å²) in [5.41, 5.74) is 0.837. The van der Waals surface area contributed by atoms with Crippen LogP contribution in [0.25, 0.3) is 11.1 Å². The van der Waals surface area contributed by atoms with Crippen LogP contribution in [0.4, 0.5) is 0 Å². The molecule has 36 heavy (non-hydrogen) atoms. The number of hydrogen-bond donors (Lipinski definition) is 1. The van der Waals surface area contributed by atoms with Gasteiger partial charge in [-0.1, -0.05) is 45.0 Å². The minimum Gasteiger partial charge on any atom is -0.507 e. The Morgan fingerprint density at radius 2 is 1.53 bits per heavy atom. The monoisotopic (exact) mass is 501 g/mol. The Hall–Kier alpha value is -3.66. The minimum atomic E-state index is -1.22. The topological polar surface area (TPSA) is 130 Å². The van der Waals surface area contributed by atoms with Crippen molar-refractivity contribution in [2.45, 2.75) is 71.5 Å². The van der Waals surface area contributed by atoms with Crippen molar-refractivity contribution in [3.05, 3.63) is 52.4 Å². The van der Waals surface area contributed by atoms with Gasteiger partial charge in [0.2, 0.25) is 0 Å². The second kappa shape index (κ2) is 10.5. The summed E-state index contributed by atoms with van der Waals surface area (Å²) in [5.74, 6) is -2.19. The summed E-state index contributed by atoms with van der Waals surface area (Å²) in [7, 11) is 0. The maximum Gasteiger partial charge on any atom is 0.303 e. The van der Waals surface area contributed by atoms with Crippen LogP contribution in [0.1, 0.15) is 53.3 Å². The molecule has 1 aliphatic heterocycles. The molecule has 3 rings (SSSR count). The number of aromatic nitrogens is 1. The lowest BCUT2D eigenvalue weighted by Gasteiger charge is -2.24. The Balaban J connectivity index is 2.07. The van der Waals surface area contributed by atoms with Gasteiger partial charge in [0.15, 0.2) is 18.4 Å². The fraction of sp³-hybridized carbons (Fsp3) is 0.462. The van der Waals surface area contributed by atoms with Crippen LogP contribution in [0.3, 0.4) is 0 Å². The molecule has 0 bridgehead atoms. The highest BCUT2D eigenvalue weighted by Crippen LogP contribution is 2.35. The second-order valence-corrected chi connectivity index (χ2v) is 9.63. The average molecular weight is 502 g/mol. The Morgan fingerprint density at radius 1 is 0.944 bits per heavy atom. The highest BCUT2D eigenvalue weighted by Gasteiger charge is 2.51. The Kier molecular flexibility index (Phi) is 7.88. The standard InChI is InChI=1S/C26H31NO9/c1-14(28)33-13-20-22(34-15(2)29)23(35-16(3)30)25(36-20)27-12-11-19(31)21(24(27)32)17-7-9-18(10-8-17)26(4,5)6/h7-12,20,22-23,25,31H,13H2,1-6H3/t20-,22-,23-,25-/m1/s1. The molecule has 1 N–H and O–H groups in total. The van der Waals surface area contributed by atoms with Crippen molar-refractivity contribution >= 4 is 17.9 Å². The molecule has 1 fully saturated rings. The Bertz CT molecular complexity index is 1190. The minimum absolute atomic E-state index is 0.0237. The van der Waals surface area contributed by atoms with Crippen LogP contribution in [-0.4, -0.2) is 52.5 Å². The molecule has 10 nitrogen and oxygen atoms in total. The number of ether oxygens (including phenoxy) is 4. The highest BCUT2D eigenvalue weighted by atomic mass is 16.7. The molecule has 2 heterocycles. The van der Waals surface area contributed by atoms with E-state index in [1.807, 2.05) is 12.1 Å². The van der Waals surface area contributed by atoms with E-state index in [1.165, 1.54) is 33.0 Å². The molecule has 10 heteroatoms. The Morgan fingerprint density at radius 3 is 2.06 bits per heavy atom. The van der Waals surface area contributed by atoms with Crippen molar-refractivity contribution in [2.75, 3.05) is 6.61 Å². The Labute approximate surface area is 208 Å². The maximum atomic E-state index is 13.6. The van der Waals surface area contributed by atoms with E-state index in [9.17, 15) is 24.3 Å². The zero-order chi connectivity index (χ0) is 26.8. The van der Waals surface area contributed by atoms with Gasteiger partial charge in [-0.25, -0.2) is 0 Å². The average Bonchev–Trinajstić information content (AvgIpc) is 3.08. The summed E-state index contributed by atoms with van der Waals surface area (Å²) in [6, 6.07) is 8.57. The molecule has 194 valence electrons. The molecular weight excluding hydrogens is 470 g/mol. The fourth-order valence-electron chi connectivity index (χ4n) is 4.07. The van der Waals surface area contributed by atoms with Gasteiger partial charge < -0.3 is 24.1 Å². The summed E-state index contributed by atoms with van der Waals surface area (Å²) in [6.07, 6.45) is -3.30. The van der Waals surface area contributed by atoms with E-state index in [0.717, 1.165) is 10.1 Å². The molecular formula is C26H31NO9. The number of aromatic hydroxyl groups is 1. The van der Waals surface area contributed by atoms with Crippen molar-refractivity contribution in [1.29, 1.82) is 0 Å². The third-order valence-electron chi connectivity index (χ3n) is 5.75. The summed E-state index contributed by atoms with van der Waals surface area (Å²) in [5, 5.41) is 10.6. The van der Waals surface area contributed by atoms with Crippen molar-refractivity contribution in [1.82, 2.24) is 4.57 Å². The highest BCUT2D eigenvalue weighted by molar-refractivity contribution is 5.70. The zero-order valence-electron chi connectivity index (χ0n) is 21.1. The van der Waals surface area contributed by atoms with Crippen LogP contribution < -0.4 is 5.56 Å². The fourth-order valence-corrected chi connectivity index (χ4v) is 4.07. The number of carbonyl (C=O) groups is 3. The zero-order valence-corrected chi connectivity index (χ0v) is 21.1. The van der Waals surface area contributed by atoms with Gasteiger partial charge in [0.05, 0.1) is 5.56 Å². The maximum absolute atomic E-state index is 13.6. The van der Waals surface area contributed by atoms with E-state index >= 15 is 0 Å². The van der Waals surface area contributed by atoms with Crippen molar-refractivity contribution in [2.24, 2.45) is 0 Å². The summed E-state index contributed by atoms with van der Waals surface area (Å²) < 4.78 is 22.9. The van der Waals surface area contributed by atoms with Gasteiger partial charge in [-0.05, 0) is 22.6 Å². The third kappa shape index (κ3) is 5.93. The van der Waals surface area contributed by atoms with Crippen LogP contribution in [0.15, 0.2) is 41.3 Å². The number of benzene rings is 1. The van der Waals surface area contributed by atoms with Crippen LogP contribution in [0, 0.1) is 0 Å².